The van der Waals surface area contributed by atoms with Gasteiger partial charge in [0.1, 0.15) is 5.82 Å². The molecule has 0 saturated heterocycles. The molecule has 0 aliphatic heterocycles. The molecule has 0 spiro atoms. The molecule has 9 nitrogen and oxygen atoms in total. The van der Waals surface area contributed by atoms with Gasteiger partial charge in [-0.05, 0) is 59.7 Å². The van der Waals surface area contributed by atoms with Gasteiger partial charge in [0.05, 0.1) is 16.8 Å². The Morgan fingerprint density at radius 2 is 1.65 bits per heavy atom. The highest BCUT2D eigenvalue weighted by atomic mass is 35.5. The van der Waals surface area contributed by atoms with Gasteiger partial charge < -0.3 is 20.1 Å². The van der Waals surface area contributed by atoms with Crippen LogP contribution in [0.3, 0.4) is 0 Å². The average Bonchev–Trinajstić information content (AvgIpc) is 3.23. The van der Waals surface area contributed by atoms with Crippen LogP contribution in [-0.2, 0) is 29.2 Å². The number of sulfone groups is 1. The summed E-state index contributed by atoms with van der Waals surface area (Å²) in [6.07, 6.45) is 2.91. The first-order valence-electron chi connectivity index (χ1n) is 12.2. The number of hydrogen-bond donors (Lipinski definition) is 2. The molecule has 2 heterocycles. The maximum absolute atomic E-state index is 11.5. The first-order valence-corrected chi connectivity index (χ1v) is 14.6. The summed E-state index contributed by atoms with van der Waals surface area (Å²) in [5.74, 6) is 1.92. The number of anilines is 5. The number of aryl methyl sites for hydroxylation is 1. The van der Waals surface area contributed by atoms with Crippen LogP contribution in [0.4, 0.5) is 29.1 Å². The first-order chi connectivity index (χ1) is 18.6. The fraction of sp³-hybridized carbons (Fsp3) is 0.179. The van der Waals surface area contributed by atoms with Crippen LogP contribution in [-0.4, -0.2) is 41.2 Å². The van der Waals surface area contributed by atoms with Crippen molar-refractivity contribution in [2.75, 3.05) is 28.8 Å². The third kappa shape index (κ3) is 7.01. The van der Waals surface area contributed by atoms with Crippen LogP contribution < -0.4 is 15.5 Å². The molecule has 5 aromatic rings. The fourth-order valence-electron chi connectivity index (χ4n) is 4.18. The maximum atomic E-state index is 11.5. The monoisotopic (exact) mass is 597 g/mol. The molecule has 0 fully saturated rings. The third-order valence-electron chi connectivity index (χ3n) is 6.24. The van der Waals surface area contributed by atoms with Gasteiger partial charge in [-0.1, -0.05) is 35.9 Å². The lowest BCUT2D eigenvalue weighted by Crippen LogP contribution is -2.12. The molecule has 0 aliphatic rings. The zero-order valence-electron chi connectivity index (χ0n) is 22.2. The van der Waals surface area contributed by atoms with E-state index in [9.17, 15) is 8.42 Å². The van der Waals surface area contributed by atoms with Crippen LogP contribution in [0.1, 0.15) is 11.1 Å². The van der Waals surface area contributed by atoms with Crippen molar-refractivity contribution in [3.8, 4) is 0 Å². The molecular formula is C28H29Cl2N7O2S. The van der Waals surface area contributed by atoms with Crippen LogP contribution in [0.15, 0.2) is 79.0 Å². The second-order valence-corrected chi connectivity index (χ2v) is 11.9. The van der Waals surface area contributed by atoms with E-state index in [-0.39, 0.29) is 18.2 Å². The van der Waals surface area contributed by atoms with Crippen molar-refractivity contribution in [2.45, 2.75) is 12.3 Å². The lowest BCUT2D eigenvalue weighted by atomic mass is 10.2. The second-order valence-electron chi connectivity index (χ2n) is 9.34. The quantitative estimate of drug-likeness (QED) is 0.210. The standard InChI is InChI=1S/C28H28ClN7O2S.ClH/c1-35(26-14-15-30-27(34-26)32-22-10-6-20(7-11-22)18-39(3,37)38)23-12-13-25-24(16-23)33-28(36(25)2)31-17-19-4-8-21(29)9-5-19;/h4-16H,17-18H2,1-3H3,(H,31,33)(H,30,32,34);1H. The number of rotatable bonds is 9. The molecule has 0 aliphatic carbocycles. The molecule has 2 aromatic heterocycles. The second kappa shape index (κ2) is 12.1. The Labute approximate surface area is 244 Å². The number of nitrogens with zero attached hydrogens (tertiary/aromatic N) is 5. The number of benzene rings is 3. The fourth-order valence-corrected chi connectivity index (χ4v) is 5.11. The van der Waals surface area contributed by atoms with E-state index in [0.29, 0.717) is 23.3 Å². The SMILES string of the molecule is CN(c1ccc2c(c1)nc(NCc1ccc(Cl)cc1)n2C)c1ccnc(Nc2ccc(CS(C)(=O)=O)cc2)n1.Cl. The molecule has 0 atom stereocenters. The van der Waals surface area contributed by atoms with Crippen LogP contribution >= 0.6 is 24.0 Å². The summed E-state index contributed by atoms with van der Waals surface area (Å²) in [5, 5.41) is 7.30. The number of hydrogen-bond acceptors (Lipinski definition) is 8. The zero-order valence-corrected chi connectivity index (χ0v) is 24.6. The molecule has 2 N–H and O–H groups in total. The molecular weight excluding hydrogens is 569 g/mol. The molecule has 0 radical (unpaired) electrons. The topological polar surface area (TPSA) is 105 Å². The van der Waals surface area contributed by atoms with Gasteiger partial charge in [-0.15, -0.1) is 12.4 Å². The summed E-state index contributed by atoms with van der Waals surface area (Å²) in [6.45, 7) is 0.637. The predicted molar refractivity (Wildman–Crippen MR) is 165 cm³/mol. The lowest BCUT2D eigenvalue weighted by molar-refractivity contribution is 0.601. The van der Waals surface area contributed by atoms with E-state index in [0.717, 1.165) is 39.5 Å². The average molecular weight is 599 g/mol. The van der Waals surface area contributed by atoms with Crippen molar-refractivity contribution in [2.24, 2.45) is 7.05 Å². The highest BCUT2D eigenvalue weighted by molar-refractivity contribution is 7.89. The first kappa shape index (κ1) is 29.1. The van der Waals surface area contributed by atoms with Crippen LogP contribution in [0.5, 0.6) is 0 Å². The number of aromatic nitrogens is 4. The molecule has 0 unspecified atom stereocenters. The van der Waals surface area contributed by atoms with E-state index >= 15 is 0 Å². The minimum atomic E-state index is -3.09. The van der Waals surface area contributed by atoms with Crippen LogP contribution in [0, 0.1) is 0 Å². The summed E-state index contributed by atoms with van der Waals surface area (Å²) in [5.41, 5.74) is 5.41. The van der Waals surface area contributed by atoms with E-state index in [1.54, 1.807) is 18.3 Å². The summed E-state index contributed by atoms with van der Waals surface area (Å²) in [6, 6.07) is 22.8. The Morgan fingerprint density at radius 3 is 2.35 bits per heavy atom. The van der Waals surface area contributed by atoms with Crippen molar-refractivity contribution in [1.29, 1.82) is 0 Å². The van der Waals surface area contributed by atoms with Crippen molar-refractivity contribution >= 4 is 74.0 Å². The van der Waals surface area contributed by atoms with Gasteiger partial charge in [0.2, 0.25) is 11.9 Å². The molecule has 208 valence electrons. The van der Waals surface area contributed by atoms with Gasteiger partial charge >= 0.3 is 0 Å². The van der Waals surface area contributed by atoms with Gasteiger partial charge in [0.15, 0.2) is 9.84 Å². The zero-order chi connectivity index (χ0) is 27.6. The van der Waals surface area contributed by atoms with Gasteiger partial charge in [0, 0.05) is 49.5 Å². The molecule has 40 heavy (non-hydrogen) atoms. The Bertz CT molecular complexity index is 1720. The molecule has 0 bridgehead atoms. The highest BCUT2D eigenvalue weighted by Gasteiger charge is 2.13. The smallest absolute Gasteiger partial charge is 0.229 e. The van der Waals surface area contributed by atoms with Crippen molar-refractivity contribution in [1.82, 2.24) is 19.5 Å². The van der Waals surface area contributed by atoms with Gasteiger partial charge in [-0.3, -0.25) is 0 Å². The van der Waals surface area contributed by atoms with Crippen molar-refractivity contribution < 1.29 is 8.42 Å². The Balaban J connectivity index is 0.00000370. The molecule has 12 heteroatoms. The largest absolute Gasteiger partial charge is 0.352 e. The third-order valence-corrected chi connectivity index (χ3v) is 7.35. The highest BCUT2D eigenvalue weighted by Crippen LogP contribution is 2.28. The van der Waals surface area contributed by atoms with Crippen molar-refractivity contribution in [3.05, 3.63) is 95.1 Å². The summed E-state index contributed by atoms with van der Waals surface area (Å²) in [7, 11) is 0.840. The number of halogens is 2. The van der Waals surface area contributed by atoms with Gasteiger partial charge in [0.25, 0.3) is 0 Å². The number of fused-ring (bicyclic) bond motifs is 1. The minimum Gasteiger partial charge on any atom is -0.352 e. The Morgan fingerprint density at radius 1 is 0.950 bits per heavy atom. The summed E-state index contributed by atoms with van der Waals surface area (Å²) >= 11 is 5.99. The number of nitrogens with one attached hydrogen (secondary N) is 2. The molecule has 0 amide bonds. The molecule has 5 rings (SSSR count). The maximum Gasteiger partial charge on any atom is 0.229 e. The Hall–Kier alpha value is -3.86. The van der Waals surface area contributed by atoms with E-state index in [1.807, 2.05) is 84.2 Å². The van der Waals surface area contributed by atoms with Crippen molar-refractivity contribution in [3.63, 3.8) is 0 Å². The van der Waals surface area contributed by atoms with Gasteiger partial charge in [-0.25, -0.2) is 18.4 Å². The van der Waals surface area contributed by atoms with E-state index in [2.05, 4.69) is 20.6 Å². The van der Waals surface area contributed by atoms with Gasteiger partial charge in [-0.2, -0.15) is 4.98 Å². The van der Waals surface area contributed by atoms with E-state index < -0.39 is 9.84 Å². The summed E-state index contributed by atoms with van der Waals surface area (Å²) < 4.78 is 25.1. The van der Waals surface area contributed by atoms with E-state index in [4.69, 9.17) is 16.6 Å². The Kier molecular flexibility index (Phi) is 8.82. The van der Waals surface area contributed by atoms with Crippen LogP contribution in [0.25, 0.3) is 11.0 Å². The van der Waals surface area contributed by atoms with Crippen LogP contribution in [0.2, 0.25) is 5.02 Å². The number of imidazole rings is 1. The molecule has 0 saturated carbocycles. The normalized spacial score (nSPS) is 11.2. The minimum absolute atomic E-state index is 0. The lowest BCUT2D eigenvalue weighted by Gasteiger charge is -2.19. The summed E-state index contributed by atoms with van der Waals surface area (Å²) in [4.78, 5) is 15.8. The van der Waals surface area contributed by atoms with E-state index in [1.165, 1.54) is 6.26 Å². The predicted octanol–water partition coefficient (Wildman–Crippen LogP) is 6.11. The molecule has 3 aromatic carbocycles.